The fourth-order valence-corrected chi connectivity index (χ4v) is 5.66. The molecule has 1 aromatic heterocycles. The Kier molecular flexibility index (Phi) is 7.35. The third kappa shape index (κ3) is 5.94. The van der Waals surface area contributed by atoms with E-state index < -0.39 is 22.0 Å². The van der Waals surface area contributed by atoms with Crippen LogP contribution in [0.25, 0.3) is 0 Å². The van der Waals surface area contributed by atoms with Crippen LogP contribution < -0.4 is 9.62 Å². The lowest BCUT2D eigenvalue weighted by atomic mass is 10.2. The molecule has 1 heterocycles. The van der Waals surface area contributed by atoms with Gasteiger partial charge in [0.15, 0.2) is 4.34 Å². The van der Waals surface area contributed by atoms with Crippen LogP contribution in [0.1, 0.15) is 12.5 Å². The van der Waals surface area contributed by atoms with E-state index in [1.165, 1.54) is 30.0 Å². The number of hydrogen-bond donors (Lipinski definition) is 1. The van der Waals surface area contributed by atoms with Crippen molar-refractivity contribution < 1.29 is 13.2 Å². The number of sulfonamides is 1. The summed E-state index contributed by atoms with van der Waals surface area (Å²) in [6.45, 7) is 1.51. The van der Waals surface area contributed by atoms with Crippen molar-refractivity contribution >= 4 is 61.4 Å². The maximum atomic E-state index is 12.7. The molecule has 2 aromatic carbocycles. The Balaban J connectivity index is 1.68. The van der Waals surface area contributed by atoms with E-state index in [1.807, 2.05) is 30.3 Å². The molecule has 0 fully saturated rings. The molecule has 0 saturated heterocycles. The molecule has 7 nitrogen and oxygen atoms in total. The molecule has 0 aliphatic heterocycles. The summed E-state index contributed by atoms with van der Waals surface area (Å²) in [5.74, 6) is 0.226. The number of amides is 1. The predicted octanol–water partition coefficient (Wildman–Crippen LogP) is 4.28. The van der Waals surface area contributed by atoms with Crippen molar-refractivity contribution in [1.29, 1.82) is 0 Å². The summed E-state index contributed by atoms with van der Waals surface area (Å²) in [6.07, 6.45) is 1.05. The minimum absolute atomic E-state index is 0.312. The van der Waals surface area contributed by atoms with Crippen molar-refractivity contribution in [3.63, 3.8) is 0 Å². The van der Waals surface area contributed by atoms with E-state index in [0.717, 1.165) is 21.9 Å². The van der Waals surface area contributed by atoms with Crippen LogP contribution in [0.15, 0.2) is 58.9 Å². The zero-order valence-corrected chi connectivity index (χ0v) is 19.4. The maximum absolute atomic E-state index is 12.7. The second-order valence-corrected chi connectivity index (χ2v) is 10.8. The molecule has 0 bridgehead atoms. The van der Waals surface area contributed by atoms with E-state index in [0.29, 0.717) is 20.2 Å². The van der Waals surface area contributed by atoms with Crippen molar-refractivity contribution in [1.82, 2.24) is 10.2 Å². The standard InChI is InChI=1S/C19H19ClN4O3S3/c1-13(24(30(2,26)27)16-10-8-15(20)9-11-16)17(25)21-18-22-23-19(29-18)28-12-14-6-4-3-5-7-14/h3-11,13H,12H2,1-2H3,(H,21,22,25)/t13-/m1/s1. The first-order valence-corrected chi connectivity index (χ1v) is 12.8. The van der Waals surface area contributed by atoms with E-state index >= 15 is 0 Å². The van der Waals surface area contributed by atoms with Gasteiger partial charge in [-0.2, -0.15) is 0 Å². The van der Waals surface area contributed by atoms with Gasteiger partial charge in [-0.15, -0.1) is 10.2 Å². The van der Waals surface area contributed by atoms with Crippen LogP contribution in [-0.2, 0) is 20.6 Å². The summed E-state index contributed by atoms with van der Waals surface area (Å²) in [6, 6.07) is 15.2. The average molecular weight is 483 g/mol. The summed E-state index contributed by atoms with van der Waals surface area (Å²) in [5, 5.41) is 11.5. The summed E-state index contributed by atoms with van der Waals surface area (Å²) in [5.41, 5.74) is 1.50. The van der Waals surface area contributed by atoms with Crippen molar-refractivity contribution in [2.24, 2.45) is 0 Å². The molecule has 158 valence electrons. The number of hydrogen-bond acceptors (Lipinski definition) is 7. The van der Waals surface area contributed by atoms with Crippen molar-refractivity contribution in [3.8, 4) is 0 Å². The van der Waals surface area contributed by atoms with Gasteiger partial charge in [0.05, 0.1) is 11.9 Å². The van der Waals surface area contributed by atoms with E-state index in [9.17, 15) is 13.2 Å². The summed E-state index contributed by atoms with van der Waals surface area (Å²) in [7, 11) is -3.71. The Labute approximate surface area is 188 Å². The fraction of sp³-hybridized carbons (Fsp3) is 0.211. The van der Waals surface area contributed by atoms with Gasteiger partial charge < -0.3 is 0 Å². The van der Waals surface area contributed by atoms with Crippen LogP contribution >= 0.6 is 34.7 Å². The monoisotopic (exact) mass is 482 g/mol. The molecule has 3 aromatic rings. The highest BCUT2D eigenvalue weighted by Gasteiger charge is 2.29. The number of rotatable bonds is 8. The highest BCUT2D eigenvalue weighted by Crippen LogP contribution is 2.29. The average Bonchev–Trinajstić information content (AvgIpc) is 3.15. The van der Waals surface area contributed by atoms with Crippen molar-refractivity contribution in [2.45, 2.75) is 23.1 Å². The lowest BCUT2D eigenvalue weighted by Crippen LogP contribution is -2.45. The van der Waals surface area contributed by atoms with Crippen LogP contribution in [0.2, 0.25) is 5.02 Å². The number of aromatic nitrogens is 2. The molecule has 1 atom stereocenters. The Morgan fingerprint density at radius 3 is 2.47 bits per heavy atom. The number of benzene rings is 2. The molecular formula is C19H19ClN4O3S3. The third-order valence-electron chi connectivity index (χ3n) is 4.01. The summed E-state index contributed by atoms with van der Waals surface area (Å²) < 4.78 is 26.4. The Morgan fingerprint density at radius 2 is 1.83 bits per heavy atom. The quantitative estimate of drug-likeness (QED) is 0.380. The van der Waals surface area contributed by atoms with Gasteiger partial charge in [0.2, 0.25) is 21.1 Å². The molecule has 0 unspecified atom stereocenters. The molecule has 1 N–H and O–H groups in total. The maximum Gasteiger partial charge on any atom is 0.249 e. The number of nitrogens with zero attached hydrogens (tertiary/aromatic N) is 3. The van der Waals surface area contributed by atoms with Gasteiger partial charge in [-0.25, -0.2) is 8.42 Å². The second kappa shape index (κ2) is 9.78. The molecule has 0 spiro atoms. The Hall–Kier alpha value is -2.14. The first-order valence-electron chi connectivity index (χ1n) is 8.80. The topological polar surface area (TPSA) is 92.3 Å². The van der Waals surface area contributed by atoms with Crippen molar-refractivity contribution in [2.75, 3.05) is 15.9 Å². The number of anilines is 2. The normalized spacial score (nSPS) is 12.4. The van der Waals surface area contributed by atoms with E-state index in [2.05, 4.69) is 15.5 Å². The van der Waals surface area contributed by atoms with E-state index in [1.54, 1.807) is 24.3 Å². The van der Waals surface area contributed by atoms with E-state index in [-0.39, 0.29) is 0 Å². The highest BCUT2D eigenvalue weighted by molar-refractivity contribution is 8.00. The van der Waals surface area contributed by atoms with Gasteiger partial charge in [-0.1, -0.05) is 65.0 Å². The Bertz CT molecular complexity index is 1110. The van der Waals surface area contributed by atoms with E-state index in [4.69, 9.17) is 11.6 Å². The second-order valence-electron chi connectivity index (χ2n) is 6.35. The zero-order valence-electron chi connectivity index (χ0n) is 16.1. The highest BCUT2D eigenvalue weighted by atomic mass is 35.5. The first-order chi connectivity index (χ1) is 14.2. The Morgan fingerprint density at radius 1 is 1.17 bits per heavy atom. The van der Waals surface area contributed by atoms with Gasteiger partial charge in [-0.05, 0) is 36.8 Å². The number of halogens is 1. The van der Waals surface area contributed by atoms with Gasteiger partial charge in [-0.3, -0.25) is 14.4 Å². The number of nitrogens with one attached hydrogen (secondary N) is 1. The van der Waals surface area contributed by atoms with Crippen molar-refractivity contribution in [3.05, 3.63) is 65.2 Å². The lowest BCUT2D eigenvalue weighted by molar-refractivity contribution is -0.116. The molecular weight excluding hydrogens is 464 g/mol. The number of thioether (sulfide) groups is 1. The zero-order chi connectivity index (χ0) is 21.7. The predicted molar refractivity (Wildman–Crippen MR) is 123 cm³/mol. The largest absolute Gasteiger partial charge is 0.299 e. The number of carbonyl (C=O) groups excluding carboxylic acids is 1. The minimum atomic E-state index is -3.71. The van der Waals surface area contributed by atoms with Gasteiger partial charge in [0.25, 0.3) is 0 Å². The minimum Gasteiger partial charge on any atom is -0.299 e. The summed E-state index contributed by atoms with van der Waals surface area (Å²) >= 11 is 8.64. The molecule has 30 heavy (non-hydrogen) atoms. The SMILES string of the molecule is C[C@H](C(=O)Nc1nnc(SCc2ccccc2)s1)N(c1ccc(Cl)cc1)S(C)(=O)=O. The van der Waals surface area contributed by atoms with Crippen LogP contribution in [0, 0.1) is 0 Å². The molecule has 1 amide bonds. The molecule has 11 heteroatoms. The smallest absolute Gasteiger partial charge is 0.249 e. The first kappa shape index (κ1) is 22.5. The molecule has 0 saturated carbocycles. The van der Waals surface area contributed by atoms with Crippen LogP contribution in [0.4, 0.5) is 10.8 Å². The fourth-order valence-electron chi connectivity index (χ4n) is 2.64. The van der Waals surface area contributed by atoms with Gasteiger partial charge in [0.1, 0.15) is 6.04 Å². The lowest BCUT2D eigenvalue weighted by Gasteiger charge is -2.27. The van der Waals surface area contributed by atoms with Crippen LogP contribution in [-0.4, -0.2) is 36.8 Å². The van der Waals surface area contributed by atoms with Crippen LogP contribution in [0.3, 0.4) is 0 Å². The van der Waals surface area contributed by atoms with Gasteiger partial charge >= 0.3 is 0 Å². The molecule has 0 aliphatic carbocycles. The molecule has 3 rings (SSSR count). The van der Waals surface area contributed by atoms with Gasteiger partial charge in [0, 0.05) is 10.8 Å². The number of carbonyl (C=O) groups is 1. The summed E-state index contributed by atoms with van der Waals surface area (Å²) in [4.78, 5) is 12.7. The molecule has 0 radical (unpaired) electrons. The third-order valence-corrected chi connectivity index (χ3v) is 7.55. The van der Waals surface area contributed by atoms with Crippen LogP contribution in [0.5, 0.6) is 0 Å². The molecule has 0 aliphatic rings.